The van der Waals surface area contributed by atoms with Crippen LogP contribution in [0, 0.1) is 6.92 Å². The first kappa shape index (κ1) is 16.5. The van der Waals surface area contributed by atoms with Crippen LogP contribution in [0.1, 0.15) is 24.5 Å². The van der Waals surface area contributed by atoms with Crippen LogP contribution in [0.15, 0.2) is 24.3 Å². The molecule has 1 N–H and O–H groups in total. The highest BCUT2D eigenvalue weighted by molar-refractivity contribution is 5.26. The van der Waals surface area contributed by atoms with Gasteiger partial charge in [-0.25, -0.2) is 0 Å². The molecule has 21 heavy (non-hydrogen) atoms. The van der Waals surface area contributed by atoms with Crippen molar-refractivity contribution in [2.24, 2.45) is 0 Å². The molecule has 0 radical (unpaired) electrons. The number of benzene rings is 1. The van der Waals surface area contributed by atoms with E-state index in [1.807, 2.05) is 0 Å². The van der Waals surface area contributed by atoms with Crippen LogP contribution in [0.5, 0.6) is 0 Å². The minimum atomic E-state index is 0.515. The highest BCUT2D eigenvalue weighted by Gasteiger charge is 2.28. The van der Waals surface area contributed by atoms with Crippen molar-refractivity contribution in [3.05, 3.63) is 35.4 Å². The van der Waals surface area contributed by atoms with Crippen LogP contribution in [0.25, 0.3) is 0 Å². The monoisotopic (exact) mass is 289 g/mol. The number of aryl methyl sites for hydroxylation is 1. The molecule has 1 aromatic rings. The summed E-state index contributed by atoms with van der Waals surface area (Å²) in [4.78, 5) is 5.03. The van der Waals surface area contributed by atoms with Crippen molar-refractivity contribution in [2.45, 2.75) is 38.8 Å². The summed E-state index contributed by atoms with van der Waals surface area (Å²) in [5.74, 6) is 0. The maximum absolute atomic E-state index is 3.74. The smallest absolute Gasteiger partial charge is 0.0376 e. The first-order valence-electron chi connectivity index (χ1n) is 8.28. The Balaban J connectivity index is 2.14. The third-order valence-corrected chi connectivity index (χ3v) is 4.75. The fourth-order valence-electron chi connectivity index (χ4n) is 3.42. The predicted octanol–water partition coefficient (Wildman–Crippen LogP) is 2.15. The second kappa shape index (κ2) is 7.92. The molecular weight excluding hydrogens is 258 g/mol. The van der Waals surface area contributed by atoms with E-state index in [0.717, 1.165) is 19.5 Å². The molecule has 1 heterocycles. The second-order valence-electron chi connectivity index (χ2n) is 6.46. The Morgan fingerprint density at radius 2 is 2.00 bits per heavy atom. The van der Waals surface area contributed by atoms with E-state index in [2.05, 4.69) is 67.3 Å². The van der Waals surface area contributed by atoms with Gasteiger partial charge in [0.25, 0.3) is 0 Å². The van der Waals surface area contributed by atoms with E-state index in [1.54, 1.807) is 0 Å². The minimum absolute atomic E-state index is 0.515. The van der Waals surface area contributed by atoms with Crippen LogP contribution in [0.4, 0.5) is 0 Å². The standard InChI is InChI=1S/C18H31N3/c1-5-19-17(13-16-10-7-6-9-15(16)2)18-14-20(3)11-8-12-21(18)4/h6-7,9-10,17-19H,5,8,11-14H2,1-4H3. The highest BCUT2D eigenvalue weighted by Crippen LogP contribution is 2.16. The topological polar surface area (TPSA) is 18.5 Å². The van der Waals surface area contributed by atoms with Crippen molar-refractivity contribution >= 4 is 0 Å². The molecule has 0 saturated carbocycles. The van der Waals surface area contributed by atoms with Crippen molar-refractivity contribution in [1.29, 1.82) is 0 Å². The van der Waals surface area contributed by atoms with E-state index in [-0.39, 0.29) is 0 Å². The van der Waals surface area contributed by atoms with E-state index in [9.17, 15) is 0 Å². The summed E-state index contributed by atoms with van der Waals surface area (Å²) in [6.07, 6.45) is 2.38. The molecule has 0 aromatic heterocycles. The Bertz CT molecular complexity index is 432. The van der Waals surface area contributed by atoms with Crippen LogP contribution in [-0.2, 0) is 6.42 Å². The molecule has 1 aliphatic rings. The van der Waals surface area contributed by atoms with Crippen molar-refractivity contribution in [3.63, 3.8) is 0 Å². The fraction of sp³-hybridized carbons (Fsp3) is 0.667. The lowest BCUT2D eigenvalue weighted by Crippen LogP contribution is -2.53. The van der Waals surface area contributed by atoms with Gasteiger partial charge in [0.15, 0.2) is 0 Å². The molecule has 118 valence electrons. The van der Waals surface area contributed by atoms with E-state index < -0.39 is 0 Å². The van der Waals surface area contributed by atoms with Gasteiger partial charge in [-0.05, 0) is 64.6 Å². The number of nitrogens with zero attached hydrogens (tertiary/aromatic N) is 2. The van der Waals surface area contributed by atoms with Gasteiger partial charge in [-0.2, -0.15) is 0 Å². The lowest BCUT2D eigenvalue weighted by atomic mass is 9.95. The molecule has 2 rings (SSSR count). The number of hydrogen-bond acceptors (Lipinski definition) is 3. The van der Waals surface area contributed by atoms with E-state index in [4.69, 9.17) is 0 Å². The number of likely N-dealkylation sites (N-methyl/N-ethyl adjacent to an activating group) is 3. The van der Waals surface area contributed by atoms with Crippen molar-refractivity contribution in [3.8, 4) is 0 Å². The molecular formula is C18H31N3. The number of rotatable bonds is 5. The summed E-state index contributed by atoms with van der Waals surface area (Å²) in [6.45, 7) is 9.03. The summed E-state index contributed by atoms with van der Waals surface area (Å²) in [7, 11) is 4.54. The molecule has 1 saturated heterocycles. The third kappa shape index (κ3) is 4.53. The molecule has 3 nitrogen and oxygen atoms in total. The van der Waals surface area contributed by atoms with Gasteiger partial charge >= 0.3 is 0 Å². The zero-order valence-electron chi connectivity index (χ0n) is 14.1. The summed E-state index contributed by atoms with van der Waals surface area (Å²) in [5.41, 5.74) is 2.88. The normalized spacial score (nSPS) is 23.0. The molecule has 1 fully saturated rings. The van der Waals surface area contributed by atoms with Crippen LogP contribution in [0.2, 0.25) is 0 Å². The highest BCUT2D eigenvalue weighted by atomic mass is 15.2. The second-order valence-corrected chi connectivity index (χ2v) is 6.46. The summed E-state index contributed by atoms with van der Waals surface area (Å²) < 4.78 is 0. The fourth-order valence-corrected chi connectivity index (χ4v) is 3.42. The largest absolute Gasteiger partial charge is 0.312 e. The van der Waals surface area contributed by atoms with Crippen molar-refractivity contribution in [2.75, 3.05) is 40.3 Å². The minimum Gasteiger partial charge on any atom is -0.312 e. The average Bonchev–Trinajstić information content (AvgIpc) is 2.62. The Morgan fingerprint density at radius 1 is 1.24 bits per heavy atom. The molecule has 2 unspecified atom stereocenters. The molecule has 2 atom stereocenters. The molecule has 3 heteroatoms. The van der Waals surface area contributed by atoms with Crippen molar-refractivity contribution in [1.82, 2.24) is 15.1 Å². The van der Waals surface area contributed by atoms with Crippen LogP contribution >= 0.6 is 0 Å². The maximum atomic E-state index is 3.74. The molecule has 0 spiro atoms. The Kier molecular flexibility index (Phi) is 6.22. The SMILES string of the molecule is CCNC(Cc1ccccc1C)C1CN(C)CCCN1C. The zero-order valence-corrected chi connectivity index (χ0v) is 14.1. The molecule has 1 aliphatic heterocycles. The van der Waals surface area contributed by atoms with Gasteiger partial charge in [0.05, 0.1) is 0 Å². The summed E-state index contributed by atoms with van der Waals surface area (Å²) in [6, 6.07) is 9.89. The summed E-state index contributed by atoms with van der Waals surface area (Å²) in [5, 5.41) is 3.74. The lowest BCUT2D eigenvalue weighted by Gasteiger charge is -2.35. The van der Waals surface area contributed by atoms with Gasteiger partial charge in [0, 0.05) is 18.6 Å². The first-order chi connectivity index (χ1) is 10.1. The van der Waals surface area contributed by atoms with Crippen LogP contribution in [0.3, 0.4) is 0 Å². The van der Waals surface area contributed by atoms with Gasteiger partial charge in [-0.3, -0.25) is 0 Å². The van der Waals surface area contributed by atoms with E-state index in [0.29, 0.717) is 12.1 Å². The van der Waals surface area contributed by atoms with Gasteiger partial charge in [0.2, 0.25) is 0 Å². The van der Waals surface area contributed by atoms with E-state index in [1.165, 1.54) is 30.6 Å². The van der Waals surface area contributed by atoms with Gasteiger partial charge in [-0.15, -0.1) is 0 Å². The van der Waals surface area contributed by atoms with E-state index >= 15 is 0 Å². The molecule has 0 amide bonds. The number of hydrogen-bond donors (Lipinski definition) is 1. The zero-order chi connectivity index (χ0) is 15.2. The molecule has 0 aliphatic carbocycles. The third-order valence-electron chi connectivity index (χ3n) is 4.75. The van der Waals surface area contributed by atoms with Gasteiger partial charge in [0.1, 0.15) is 0 Å². The van der Waals surface area contributed by atoms with Crippen LogP contribution in [-0.4, -0.2) is 62.2 Å². The van der Waals surface area contributed by atoms with Gasteiger partial charge < -0.3 is 15.1 Å². The Hall–Kier alpha value is -0.900. The number of nitrogens with one attached hydrogen (secondary N) is 1. The molecule has 0 bridgehead atoms. The maximum Gasteiger partial charge on any atom is 0.0376 e. The average molecular weight is 289 g/mol. The van der Waals surface area contributed by atoms with Crippen molar-refractivity contribution < 1.29 is 0 Å². The summed E-state index contributed by atoms with van der Waals surface area (Å²) >= 11 is 0. The first-order valence-corrected chi connectivity index (χ1v) is 8.28. The quantitative estimate of drug-likeness (QED) is 0.896. The predicted molar refractivity (Wildman–Crippen MR) is 90.9 cm³/mol. The Labute approximate surface area is 130 Å². The molecule has 1 aromatic carbocycles. The Morgan fingerprint density at radius 3 is 2.71 bits per heavy atom. The van der Waals surface area contributed by atoms with Crippen LogP contribution < -0.4 is 5.32 Å². The van der Waals surface area contributed by atoms with Gasteiger partial charge in [-0.1, -0.05) is 31.2 Å². The lowest BCUT2D eigenvalue weighted by molar-refractivity contribution is 0.178.